The van der Waals surface area contributed by atoms with Crippen molar-refractivity contribution in [3.8, 4) is 5.75 Å². The summed E-state index contributed by atoms with van der Waals surface area (Å²) >= 11 is 6.54. The first-order chi connectivity index (χ1) is 11.2. The molecular weight excluding hydrogens is 332 g/mol. The number of para-hydroxylation sites is 2. The molecule has 1 aromatic carbocycles. The molecule has 0 aliphatic carbocycles. The normalized spacial score (nSPS) is 10.1. The van der Waals surface area contributed by atoms with E-state index < -0.39 is 0 Å². The van der Waals surface area contributed by atoms with Crippen molar-refractivity contribution < 1.29 is 14.3 Å². The number of anilines is 1. The van der Waals surface area contributed by atoms with Crippen LogP contribution in [0, 0.1) is 0 Å². The molecule has 2 aromatic rings. The molecule has 0 unspecified atom stereocenters. The van der Waals surface area contributed by atoms with Crippen LogP contribution in [0.25, 0.3) is 0 Å². The molecule has 23 heavy (non-hydrogen) atoms. The van der Waals surface area contributed by atoms with E-state index in [2.05, 4.69) is 10.6 Å². The van der Waals surface area contributed by atoms with E-state index in [4.69, 9.17) is 21.7 Å². The third-order valence-electron chi connectivity index (χ3n) is 2.80. The minimum absolute atomic E-state index is 0.226. The Hall–Kier alpha value is -1.96. The van der Waals surface area contributed by atoms with Gasteiger partial charge in [0, 0.05) is 6.61 Å². The summed E-state index contributed by atoms with van der Waals surface area (Å²) < 4.78 is 10.9. The average molecular weight is 350 g/mol. The largest absolute Gasteiger partial charge is 0.489 e. The third-order valence-corrected chi connectivity index (χ3v) is 3.87. The van der Waals surface area contributed by atoms with Crippen molar-refractivity contribution in [2.24, 2.45) is 0 Å². The molecule has 5 nitrogen and oxygen atoms in total. The van der Waals surface area contributed by atoms with E-state index in [1.165, 1.54) is 11.3 Å². The van der Waals surface area contributed by atoms with Crippen molar-refractivity contribution >= 4 is 40.3 Å². The van der Waals surface area contributed by atoms with E-state index in [1.807, 2.05) is 42.6 Å². The average Bonchev–Trinajstić information content (AvgIpc) is 3.07. The molecule has 0 spiro atoms. The van der Waals surface area contributed by atoms with Gasteiger partial charge in [-0.15, -0.1) is 11.3 Å². The van der Waals surface area contributed by atoms with E-state index in [9.17, 15) is 4.79 Å². The van der Waals surface area contributed by atoms with Crippen molar-refractivity contribution in [3.63, 3.8) is 0 Å². The number of hydrogen-bond donors (Lipinski definition) is 2. The first-order valence-corrected chi connectivity index (χ1v) is 8.45. The Labute approximate surface area is 144 Å². The predicted octanol–water partition coefficient (Wildman–Crippen LogP) is 3.29. The monoisotopic (exact) mass is 350 g/mol. The maximum atomic E-state index is 12.0. The standard InChI is InChI=1S/C16H18N2O3S2/c1-2-20-9-10-21-13-7-4-3-6-12(13)17-16(22)18-15(19)14-8-5-11-23-14/h3-8,11H,2,9-10H2,1H3,(H2,17,18,19,22). The lowest BCUT2D eigenvalue weighted by Crippen LogP contribution is -2.33. The number of amides is 1. The van der Waals surface area contributed by atoms with E-state index in [0.29, 0.717) is 36.1 Å². The highest BCUT2D eigenvalue weighted by Crippen LogP contribution is 2.23. The van der Waals surface area contributed by atoms with E-state index in [0.717, 1.165) is 0 Å². The Kier molecular flexibility index (Phi) is 6.99. The van der Waals surface area contributed by atoms with Gasteiger partial charge in [-0.2, -0.15) is 0 Å². The topological polar surface area (TPSA) is 59.6 Å². The molecule has 1 amide bonds. The second-order valence-corrected chi connectivity index (χ2v) is 5.78. The van der Waals surface area contributed by atoms with Crippen LogP contribution in [0.1, 0.15) is 16.6 Å². The van der Waals surface area contributed by atoms with Crippen LogP contribution in [0.2, 0.25) is 0 Å². The molecule has 0 atom stereocenters. The number of carbonyl (C=O) groups is 1. The number of ether oxygens (including phenoxy) is 2. The maximum Gasteiger partial charge on any atom is 0.267 e. The van der Waals surface area contributed by atoms with Crippen LogP contribution in [0.5, 0.6) is 5.75 Å². The zero-order valence-corrected chi connectivity index (χ0v) is 14.3. The van der Waals surface area contributed by atoms with E-state index in [1.54, 1.807) is 6.07 Å². The highest BCUT2D eigenvalue weighted by atomic mass is 32.1. The number of hydrogen-bond acceptors (Lipinski definition) is 5. The summed E-state index contributed by atoms with van der Waals surface area (Å²) in [7, 11) is 0. The lowest BCUT2D eigenvalue weighted by atomic mass is 10.3. The van der Waals surface area contributed by atoms with Gasteiger partial charge in [0.25, 0.3) is 5.91 Å². The highest BCUT2D eigenvalue weighted by Gasteiger charge is 2.10. The van der Waals surface area contributed by atoms with Gasteiger partial charge in [0.15, 0.2) is 5.11 Å². The van der Waals surface area contributed by atoms with Gasteiger partial charge in [0.2, 0.25) is 0 Å². The molecule has 0 radical (unpaired) electrons. The first-order valence-electron chi connectivity index (χ1n) is 7.16. The zero-order chi connectivity index (χ0) is 16.5. The summed E-state index contributed by atoms with van der Waals surface area (Å²) in [6, 6.07) is 11.0. The van der Waals surface area contributed by atoms with Gasteiger partial charge >= 0.3 is 0 Å². The smallest absolute Gasteiger partial charge is 0.267 e. The molecule has 0 aliphatic heterocycles. The predicted molar refractivity (Wildman–Crippen MR) is 96.4 cm³/mol. The second-order valence-electron chi connectivity index (χ2n) is 4.43. The van der Waals surface area contributed by atoms with E-state index >= 15 is 0 Å². The minimum Gasteiger partial charge on any atom is -0.489 e. The molecule has 0 saturated heterocycles. The Balaban J connectivity index is 1.91. The summed E-state index contributed by atoms with van der Waals surface area (Å²) in [5.74, 6) is 0.423. The first kappa shape index (κ1) is 17.4. The number of benzene rings is 1. The SMILES string of the molecule is CCOCCOc1ccccc1NC(=S)NC(=O)c1cccs1. The van der Waals surface area contributed by atoms with Crippen LogP contribution >= 0.6 is 23.6 Å². The van der Waals surface area contributed by atoms with Crippen molar-refractivity contribution in [3.05, 3.63) is 46.7 Å². The fraction of sp³-hybridized carbons (Fsp3) is 0.250. The molecule has 0 saturated carbocycles. The maximum absolute atomic E-state index is 12.0. The fourth-order valence-electron chi connectivity index (χ4n) is 1.78. The van der Waals surface area contributed by atoms with Crippen LogP contribution in [-0.4, -0.2) is 30.8 Å². The van der Waals surface area contributed by atoms with Gasteiger partial charge in [0.1, 0.15) is 12.4 Å². The number of carbonyl (C=O) groups excluding carboxylic acids is 1. The van der Waals surface area contributed by atoms with Gasteiger partial charge in [0.05, 0.1) is 17.2 Å². The minimum atomic E-state index is -0.229. The van der Waals surface area contributed by atoms with Gasteiger partial charge in [-0.1, -0.05) is 18.2 Å². The van der Waals surface area contributed by atoms with E-state index in [-0.39, 0.29) is 11.0 Å². The second kappa shape index (κ2) is 9.24. The Morgan fingerprint density at radius 2 is 2.04 bits per heavy atom. The third kappa shape index (κ3) is 5.63. The zero-order valence-electron chi connectivity index (χ0n) is 12.7. The van der Waals surface area contributed by atoms with Crippen LogP contribution in [0.3, 0.4) is 0 Å². The molecule has 7 heteroatoms. The lowest BCUT2D eigenvalue weighted by Gasteiger charge is -2.14. The van der Waals surface area contributed by atoms with Crippen molar-refractivity contribution in [2.45, 2.75) is 6.92 Å². The van der Waals surface area contributed by atoms with Gasteiger partial charge < -0.3 is 14.8 Å². The number of thiocarbonyl (C=S) groups is 1. The molecule has 1 heterocycles. The summed E-state index contributed by atoms with van der Waals surface area (Å²) in [6.07, 6.45) is 0. The van der Waals surface area contributed by atoms with Crippen LogP contribution in [0.15, 0.2) is 41.8 Å². The Bertz CT molecular complexity index is 645. The highest BCUT2D eigenvalue weighted by molar-refractivity contribution is 7.80. The number of rotatable bonds is 7. The quantitative estimate of drug-likeness (QED) is 0.593. The summed E-state index contributed by atoms with van der Waals surface area (Å²) in [4.78, 5) is 12.6. The molecule has 0 fully saturated rings. The Morgan fingerprint density at radius 3 is 2.78 bits per heavy atom. The van der Waals surface area contributed by atoms with Gasteiger partial charge in [-0.3, -0.25) is 10.1 Å². The fourth-order valence-corrected chi connectivity index (χ4v) is 2.60. The van der Waals surface area contributed by atoms with Gasteiger partial charge in [-0.05, 0) is 42.7 Å². The lowest BCUT2D eigenvalue weighted by molar-refractivity contribution is 0.0981. The van der Waals surface area contributed by atoms with Crippen LogP contribution in [0.4, 0.5) is 5.69 Å². The van der Waals surface area contributed by atoms with Crippen LogP contribution < -0.4 is 15.4 Å². The van der Waals surface area contributed by atoms with Crippen molar-refractivity contribution in [1.82, 2.24) is 5.32 Å². The molecular formula is C16H18N2O3S2. The molecule has 2 rings (SSSR count). The Morgan fingerprint density at radius 1 is 1.22 bits per heavy atom. The molecule has 0 bridgehead atoms. The summed E-state index contributed by atoms with van der Waals surface area (Å²) in [6.45, 7) is 3.55. The molecule has 122 valence electrons. The molecule has 1 aromatic heterocycles. The van der Waals surface area contributed by atoms with Gasteiger partial charge in [-0.25, -0.2) is 0 Å². The number of thiophene rings is 1. The van der Waals surface area contributed by atoms with Crippen molar-refractivity contribution in [1.29, 1.82) is 0 Å². The number of nitrogens with one attached hydrogen (secondary N) is 2. The van der Waals surface area contributed by atoms with Crippen LogP contribution in [-0.2, 0) is 4.74 Å². The summed E-state index contributed by atoms with van der Waals surface area (Å²) in [5, 5.41) is 7.69. The van der Waals surface area contributed by atoms with Crippen molar-refractivity contribution in [2.75, 3.05) is 25.1 Å². The molecule has 2 N–H and O–H groups in total. The molecule has 0 aliphatic rings. The summed E-state index contributed by atoms with van der Waals surface area (Å²) in [5.41, 5.74) is 0.695.